The molecular formula is C24H27N7O3. The molecule has 0 spiro atoms. The quantitative estimate of drug-likeness (QED) is 0.442. The Morgan fingerprint density at radius 2 is 1.91 bits per heavy atom. The summed E-state index contributed by atoms with van der Waals surface area (Å²) in [4.78, 5) is 25.5. The van der Waals surface area contributed by atoms with Crippen molar-refractivity contribution >= 4 is 23.3 Å². The van der Waals surface area contributed by atoms with Crippen molar-refractivity contribution in [3.8, 4) is 5.75 Å². The Hall–Kier alpha value is -3.89. The molecule has 10 heteroatoms. The van der Waals surface area contributed by atoms with Gasteiger partial charge in [0, 0.05) is 12.6 Å². The smallest absolute Gasteiger partial charge is 0.263 e. The molecule has 2 fully saturated rings. The van der Waals surface area contributed by atoms with E-state index in [0.29, 0.717) is 23.8 Å². The largest absolute Gasteiger partial charge is 0.484 e. The van der Waals surface area contributed by atoms with Gasteiger partial charge < -0.3 is 15.4 Å². The van der Waals surface area contributed by atoms with E-state index < -0.39 is 6.29 Å². The molecule has 2 aliphatic heterocycles. The summed E-state index contributed by atoms with van der Waals surface area (Å²) in [7, 11) is 0. The molecule has 2 amide bonds. The van der Waals surface area contributed by atoms with Crippen LogP contribution < -0.4 is 31.1 Å². The molecule has 3 atom stereocenters. The lowest BCUT2D eigenvalue weighted by atomic mass is 10.0. The molecule has 176 valence electrons. The fourth-order valence-corrected chi connectivity index (χ4v) is 4.20. The third-order valence-electron chi connectivity index (χ3n) is 5.88. The van der Waals surface area contributed by atoms with Gasteiger partial charge in [0.25, 0.3) is 5.91 Å². The minimum atomic E-state index is -0.638. The number of ether oxygens (including phenoxy) is 1. The van der Waals surface area contributed by atoms with Crippen LogP contribution in [0.2, 0.25) is 0 Å². The molecule has 2 aliphatic rings. The molecule has 2 saturated heterocycles. The van der Waals surface area contributed by atoms with Crippen molar-refractivity contribution in [1.29, 1.82) is 0 Å². The second-order valence-electron chi connectivity index (χ2n) is 8.46. The van der Waals surface area contributed by atoms with E-state index in [1.807, 2.05) is 61.3 Å². The number of amides is 2. The number of para-hydroxylation sites is 1. The normalized spacial score (nSPS) is 21.6. The highest BCUT2D eigenvalue weighted by molar-refractivity contribution is 5.91. The summed E-state index contributed by atoms with van der Waals surface area (Å²) in [6, 6.07) is 19.0. The highest BCUT2D eigenvalue weighted by atomic mass is 16.5. The van der Waals surface area contributed by atoms with Crippen LogP contribution in [-0.2, 0) is 9.59 Å². The standard InChI is InChI=1S/C24H27N7O3/c1-15-8-10-17(11-9-15)30-22-19(13-25-30)23(33)28-24(27-22)31-20(12-16(2)29-31)26-21(32)14-34-18-6-4-3-5-7-18/h3-12,19,22,24-25,27H,13-14H2,1-2H3,(H,26,32)(H,28,33). The highest BCUT2D eigenvalue weighted by Gasteiger charge is 2.45. The van der Waals surface area contributed by atoms with Crippen LogP contribution in [-0.4, -0.2) is 40.9 Å². The molecule has 0 saturated carbocycles. The number of aryl methyl sites for hydroxylation is 2. The number of hydrazine groups is 1. The van der Waals surface area contributed by atoms with E-state index in [4.69, 9.17) is 4.74 Å². The summed E-state index contributed by atoms with van der Waals surface area (Å²) in [5.74, 6) is 0.386. The van der Waals surface area contributed by atoms with Crippen molar-refractivity contribution in [2.75, 3.05) is 23.5 Å². The Balaban J connectivity index is 1.31. The van der Waals surface area contributed by atoms with E-state index >= 15 is 0 Å². The van der Waals surface area contributed by atoms with Crippen LogP contribution >= 0.6 is 0 Å². The van der Waals surface area contributed by atoms with Crippen molar-refractivity contribution < 1.29 is 14.3 Å². The zero-order valence-electron chi connectivity index (χ0n) is 19.0. The number of benzene rings is 2. The predicted octanol–water partition coefficient (Wildman–Crippen LogP) is 1.66. The third-order valence-corrected chi connectivity index (χ3v) is 5.88. The first kappa shape index (κ1) is 21.9. The minimum Gasteiger partial charge on any atom is -0.484 e. The first-order valence-corrected chi connectivity index (χ1v) is 11.2. The number of nitrogens with one attached hydrogen (secondary N) is 4. The molecule has 0 bridgehead atoms. The summed E-state index contributed by atoms with van der Waals surface area (Å²) < 4.78 is 7.11. The number of fused-ring (bicyclic) bond motifs is 1. The topological polar surface area (TPSA) is 113 Å². The van der Waals surface area contributed by atoms with Gasteiger partial charge in [-0.25, -0.2) is 10.1 Å². The Labute approximate surface area is 197 Å². The molecule has 3 unspecified atom stereocenters. The summed E-state index contributed by atoms with van der Waals surface area (Å²) >= 11 is 0. The van der Waals surface area contributed by atoms with E-state index in [0.717, 1.165) is 11.3 Å². The number of hydrogen-bond donors (Lipinski definition) is 4. The first-order valence-electron chi connectivity index (χ1n) is 11.2. The van der Waals surface area contributed by atoms with E-state index in [-0.39, 0.29) is 30.5 Å². The molecule has 0 aliphatic carbocycles. The van der Waals surface area contributed by atoms with Crippen LogP contribution in [0.15, 0.2) is 60.7 Å². The lowest BCUT2D eigenvalue weighted by Gasteiger charge is -2.37. The number of hydrogen-bond acceptors (Lipinski definition) is 7. The van der Waals surface area contributed by atoms with Gasteiger partial charge in [-0.15, -0.1) is 0 Å². The molecule has 5 rings (SSSR count). The van der Waals surface area contributed by atoms with Crippen molar-refractivity contribution in [1.82, 2.24) is 25.8 Å². The Morgan fingerprint density at radius 1 is 1.15 bits per heavy atom. The number of aromatic nitrogens is 2. The van der Waals surface area contributed by atoms with Gasteiger partial charge in [0.15, 0.2) is 12.9 Å². The first-order chi connectivity index (χ1) is 16.5. The van der Waals surface area contributed by atoms with Gasteiger partial charge in [0.1, 0.15) is 17.7 Å². The molecular weight excluding hydrogens is 434 g/mol. The zero-order chi connectivity index (χ0) is 23.7. The average Bonchev–Trinajstić information content (AvgIpc) is 3.42. The van der Waals surface area contributed by atoms with Gasteiger partial charge in [-0.3, -0.25) is 19.9 Å². The maximum Gasteiger partial charge on any atom is 0.263 e. The number of carbonyl (C=O) groups is 2. The molecule has 3 heterocycles. The number of carbonyl (C=O) groups excluding carboxylic acids is 2. The van der Waals surface area contributed by atoms with Gasteiger partial charge in [-0.05, 0) is 38.1 Å². The van der Waals surface area contributed by atoms with Crippen LogP contribution in [0.3, 0.4) is 0 Å². The fourth-order valence-electron chi connectivity index (χ4n) is 4.20. The predicted molar refractivity (Wildman–Crippen MR) is 127 cm³/mol. The summed E-state index contributed by atoms with van der Waals surface area (Å²) in [6.07, 6.45) is -0.920. The lowest BCUT2D eigenvalue weighted by Crippen LogP contribution is -2.61. The number of anilines is 2. The Bertz CT molecular complexity index is 1180. The maximum absolute atomic E-state index is 12.9. The zero-order valence-corrected chi connectivity index (χ0v) is 19.0. The Kier molecular flexibility index (Phi) is 5.91. The van der Waals surface area contributed by atoms with Crippen LogP contribution in [0.25, 0.3) is 0 Å². The molecule has 34 heavy (non-hydrogen) atoms. The maximum atomic E-state index is 12.9. The molecule has 0 radical (unpaired) electrons. The SMILES string of the molecule is Cc1ccc(N2NCC3C(=O)NC(n4nc(C)cc4NC(=O)COc4ccccc4)NC32)cc1. The number of rotatable bonds is 6. The molecule has 4 N–H and O–H groups in total. The molecule has 2 aromatic carbocycles. The fraction of sp³-hybridized carbons (Fsp3) is 0.292. The molecule has 3 aromatic rings. The monoisotopic (exact) mass is 461 g/mol. The van der Waals surface area contributed by atoms with Crippen molar-refractivity contribution in [3.05, 3.63) is 71.9 Å². The summed E-state index contributed by atoms with van der Waals surface area (Å²) in [5.41, 5.74) is 6.14. The lowest BCUT2D eigenvalue weighted by molar-refractivity contribution is -0.129. The minimum absolute atomic E-state index is 0.0892. The van der Waals surface area contributed by atoms with E-state index in [1.165, 1.54) is 0 Å². The second kappa shape index (κ2) is 9.16. The van der Waals surface area contributed by atoms with E-state index in [9.17, 15) is 9.59 Å². The van der Waals surface area contributed by atoms with Gasteiger partial charge in [-0.2, -0.15) is 5.10 Å². The van der Waals surface area contributed by atoms with Gasteiger partial charge in [0.05, 0.1) is 17.3 Å². The van der Waals surface area contributed by atoms with Crippen molar-refractivity contribution in [2.45, 2.75) is 26.3 Å². The van der Waals surface area contributed by atoms with E-state index in [2.05, 4.69) is 26.5 Å². The van der Waals surface area contributed by atoms with Crippen LogP contribution in [0.1, 0.15) is 17.5 Å². The van der Waals surface area contributed by atoms with Crippen LogP contribution in [0.5, 0.6) is 5.75 Å². The third kappa shape index (κ3) is 4.45. The van der Waals surface area contributed by atoms with Crippen LogP contribution in [0.4, 0.5) is 11.5 Å². The van der Waals surface area contributed by atoms with E-state index in [1.54, 1.807) is 22.9 Å². The van der Waals surface area contributed by atoms with Crippen LogP contribution in [0, 0.1) is 19.8 Å². The van der Waals surface area contributed by atoms with Gasteiger partial charge in [-0.1, -0.05) is 35.9 Å². The summed E-state index contributed by atoms with van der Waals surface area (Å²) in [6.45, 7) is 4.24. The highest BCUT2D eigenvalue weighted by Crippen LogP contribution is 2.28. The molecule has 10 nitrogen and oxygen atoms in total. The summed E-state index contributed by atoms with van der Waals surface area (Å²) in [5, 5.41) is 15.7. The van der Waals surface area contributed by atoms with Gasteiger partial charge >= 0.3 is 0 Å². The average molecular weight is 462 g/mol. The van der Waals surface area contributed by atoms with Gasteiger partial charge in [0.2, 0.25) is 5.91 Å². The number of nitrogens with zero attached hydrogens (tertiary/aromatic N) is 3. The van der Waals surface area contributed by atoms with Crippen molar-refractivity contribution in [3.63, 3.8) is 0 Å². The molecule has 1 aromatic heterocycles. The van der Waals surface area contributed by atoms with Crippen molar-refractivity contribution in [2.24, 2.45) is 5.92 Å². The second-order valence-corrected chi connectivity index (χ2v) is 8.46. The Morgan fingerprint density at radius 3 is 2.68 bits per heavy atom.